The van der Waals surface area contributed by atoms with Gasteiger partial charge in [-0.3, -0.25) is 4.79 Å². The maximum absolute atomic E-state index is 11.4. The van der Waals surface area contributed by atoms with E-state index >= 15 is 0 Å². The summed E-state index contributed by atoms with van der Waals surface area (Å²) in [6.45, 7) is 5.56. The Kier molecular flexibility index (Phi) is 2.57. The van der Waals surface area contributed by atoms with Gasteiger partial charge in [-0.05, 0) is 20.8 Å². The molecule has 0 saturated carbocycles. The molecule has 2 heterocycles. The van der Waals surface area contributed by atoms with Crippen LogP contribution < -0.4 is 0 Å². The standard InChI is InChI=1S/C11H13N3O3/c1-5(2)14-10-9(6(3)13-14)7(11(16)17)4-8(15)12-10/h4-5,9H,1-3H3,(H,16,17). The second-order valence-corrected chi connectivity index (χ2v) is 4.33. The Morgan fingerprint density at radius 3 is 2.71 bits per heavy atom. The molecule has 0 bridgehead atoms. The first-order chi connectivity index (χ1) is 7.91. The number of nitrogens with zero attached hydrogens (tertiary/aromatic N) is 3. The smallest absolute Gasteiger partial charge is 0.332 e. The molecule has 0 aromatic rings. The molecule has 1 amide bonds. The van der Waals surface area contributed by atoms with Crippen LogP contribution in [0.15, 0.2) is 21.7 Å². The lowest BCUT2D eigenvalue weighted by molar-refractivity contribution is -0.133. The predicted molar refractivity (Wildman–Crippen MR) is 61.7 cm³/mol. The predicted octanol–water partition coefficient (Wildman–Crippen LogP) is 0.652. The van der Waals surface area contributed by atoms with E-state index in [4.69, 9.17) is 5.11 Å². The number of carbonyl (C=O) groups excluding carboxylic acids is 1. The van der Waals surface area contributed by atoms with Crippen LogP contribution in [0.1, 0.15) is 20.8 Å². The van der Waals surface area contributed by atoms with Gasteiger partial charge in [0.25, 0.3) is 5.91 Å². The Morgan fingerprint density at radius 2 is 2.18 bits per heavy atom. The molecule has 0 saturated heterocycles. The molecule has 2 aliphatic rings. The quantitative estimate of drug-likeness (QED) is 0.761. The highest BCUT2D eigenvalue weighted by molar-refractivity contribution is 6.22. The number of carboxylic acids is 1. The van der Waals surface area contributed by atoms with Crippen LogP contribution in [-0.4, -0.2) is 39.6 Å². The maximum Gasteiger partial charge on any atom is 0.332 e. The normalized spacial score (nSPS) is 23.3. The van der Waals surface area contributed by atoms with Gasteiger partial charge in [-0.1, -0.05) is 0 Å². The van der Waals surface area contributed by atoms with Crippen molar-refractivity contribution in [2.24, 2.45) is 16.0 Å². The summed E-state index contributed by atoms with van der Waals surface area (Å²) >= 11 is 0. The van der Waals surface area contributed by atoms with Gasteiger partial charge >= 0.3 is 5.97 Å². The Morgan fingerprint density at radius 1 is 1.53 bits per heavy atom. The largest absolute Gasteiger partial charge is 0.478 e. The number of dihydropyridines is 1. The first-order valence-electron chi connectivity index (χ1n) is 5.33. The summed E-state index contributed by atoms with van der Waals surface area (Å²) in [6.07, 6.45) is 1.07. The molecule has 90 valence electrons. The number of carbonyl (C=O) groups is 2. The van der Waals surface area contributed by atoms with Gasteiger partial charge in [0.15, 0.2) is 0 Å². The van der Waals surface area contributed by atoms with E-state index in [9.17, 15) is 9.59 Å². The number of hydrogen-bond donors (Lipinski definition) is 1. The molecule has 6 nitrogen and oxygen atoms in total. The second-order valence-electron chi connectivity index (χ2n) is 4.33. The van der Waals surface area contributed by atoms with E-state index in [0.717, 1.165) is 6.08 Å². The number of fused-ring (bicyclic) bond motifs is 1. The van der Waals surface area contributed by atoms with Crippen LogP contribution in [0.5, 0.6) is 0 Å². The average molecular weight is 235 g/mol. The van der Waals surface area contributed by atoms with E-state index < -0.39 is 17.8 Å². The first kappa shape index (κ1) is 11.5. The molecular weight excluding hydrogens is 222 g/mol. The Hall–Kier alpha value is -1.98. The van der Waals surface area contributed by atoms with Crippen LogP contribution in [0.4, 0.5) is 0 Å². The number of aliphatic imine (C=N–C) groups is 1. The molecular formula is C11H13N3O3. The molecule has 2 rings (SSSR count). The van der Waals surface area contributed by atoms with Crippen molar-refractivity contribution in [2.45, 2.75) is 26.8 Å². The zero-order valence-electron chi connectivity index (χ0n) is 9.84. The molecule has 1 N–H and O–H groups in total. The molecule has 0 radical (unpaired) electrons. The fourth-order valence-electron chi connectivity index (χ4n) is 2.00. The Balaban J connectivity index is 2.47. The van der Waals surface area contributed by atoms with Gasteiger partial charge in [-0.15, -0.1) is 0 Å². The molecule has 0 spiro atoms. The highest BCUT2D eigenvalue weighted by Gasteiger charge is 2.40. The highest BCUT2D eigenvalue weighted by atomic mass is 16.4. The number of carboxylic acid groups (broad SMARTS) is 1. The first-order valence-corrected chi connectivity index (χ1v) is 5.33. The van der Waals surface area contributed by atoms with Crippen molar-refractivity contribution in [2.75, 3.05) is 0 Å². The summed E-state index contributed by atoms with van der Waals surface area (Å²) in [5.74, 6) is -1.71. The van der Waals surface area contributed by atoms with E-state index in [1.165, 1.54) is 0 Å². The summed E-state index contributed by atoms with van der Waals surface area (Å²) in [5, 5.41) is 15.0. The van der Waals surface area contributed by atoms with Crippen molar-refractivity contribution in [3.63, 3.8) is 0 Å². The summed E-state index contributed by atoms with van der Waals surface area (Å²) in [7, 11) is 0. The van der Waals surface area contributed by atoms with E-state index in [1.807, 2.05) is 13.8 Å². The number of hydrogen-bond acceptors (Lipinski definition) is 4. The molecule has 0 aliphatic carbocycles. The minimum absolute atomic E-state index is 0.0367. The zero-order valence-corrected chi connectivity index (χ0v) is 9.84. The summed E-state index contributed by atoms with van der Waals surface area (Å²) in [5.41, 5.74) is 0.697. The number of hydrazone groups is 1. The highest BCUT2D eigenvalue weighted by Crippen LogP contribution is 2.29. The summed E-state index contributed by atoms with van der Waals surface area (Å²) in [6, 6.07) is 0.0367. The zero-order chi connectivity index (χ0) is 12.7. The molecule has 6 heteroatoms. The van der Waals surface area contributed by atoms with Crippen LogP contribution >= 0.6 is 0 Å². The molecule has 2 aliphatic heterocycles. The van der Waals surface area contributed by atoms with Crippen LogP contribution in [0.3, 0.4) is 0 Å². The van der Waals surface area contributed by atoms with Gasteiger partial charge in [-0.25, -0.2) is 9.80 Å². The number of amides is 1. The van der Waals surface area contributed by atoms with E-state index in [0.29, 0.717) is 11.5 Å². The lowest BCUT2D eigenvalue weighted by atomic mass is 9.91. The van der Waals surface area contributed by atoms with Gasteiger partial charge in [0.1, 0.15) is 5.84 Å². The van der Waals surface area contributed by atoms with Crippen molar-refractivity contribution in [1.82, 2.24) is 5.01 Å². The van der Waals surface area contributed by atoms with Gasteiger partial charge in [0.05, 0.1) is 17.2 Å². The molecule has 1 unspecified atom stereocenters. The van der Waals surface area contributed by atoms with Crippen LogP contribution in [0, 0.1) is 5.92 Å². The third kappa shape index (κ3) is 1.75. The molecule has 0 aromatic heterocycles. The molecule has 0 aromatic carbocycles. The van der Waals surface area contributed by atoms with Crippen molar-refractivity contribution < 1.29 is 14.7 Å². The SMILES string of the molecule is CC1=NN(C(C)C)C2=NC(=O)C=C(C(=O)O)C12. The fraction of sp³-hybridized carbons (Fsp3) is 0.455. The van der Waals surface area contributed by atoms with Crippen molar-refractivity contribution in [3.05, 3.63) is 11.6 Å². The fourth-order valence-corrected chi connectivity index (χ4v) is 2.00. The monoisotopic (exact) mass is 235 g/mol. The van der Waals surface area contributed by atoms with Crippen molar-refractivity contribution in [3.8, 4) is 0 Å². The number of aliphatic carboxylic acids is 1. The van der Waals surface area contributed by atoms with Crippen molar-refractivity contribution in [1.29, 1.82) is 0 Å². The van der Waals surface area contributed by atoms with E-state index in [1.54, 1.807) is 11.9 Å². The summed E-state index contributed by atoms with van der Waals surface area (Å²) < 4.78 is 0. The van der Waals surface area contributed by atoms with Gasteiger partial charge in [-0.2, -0.15) is 10.1 Å². The van der Waals surface area contributed by atoms with Gasteiger partial charge < -0.3 is 5.11 Å². The van der Waals surface area contributed by atoms with Gasteiger partial charge in [0.2, 0.25) is 0 Å². The third-order valence-corrected chi connectivity index (χ3v) is 2.73. The van der Waals surface area contributed by atoms with Crippen LogP contribution in [0.25, 0.3) is 0 Å². The topological polar surface area (TPSA) is 82.3 Å². The van der Waals surface area contributed by atoms with Crippen LogP contribution in [-0.2, 0) is 9.59 Å². The van der Waals surface area contributed by atoms with Crippen LogP contribution in [0.2, 0.25) is 0 Å². The lowest BCUT2D eigenvalue weighted by Crippen LogP contribution is -2.37. The molecule has 1 atom stereocenters. The Bertz CT molecular complexity index is 488. The maximum atomic E-state index is 11.4. The second kappa shape index (κ2) is 3.80. The number of rotatable bonds is 2. The number of amidine groups is 1. The summed E-state index contributed by atoms with van der Waals surface area (Å²) in [4.78, 5) is 26.4. The van der Waals surface area contributed by atoms with E-state index in [2.05, 4.69) is 10.1 Å². The molecule has 17 heavy (non-hydrogen) atoms. The van der Waals surface area contributed by atoms with E-state index in [-0.39, 0.29) is 11.6 Å². The third-order valence-electron chi connectivity index (χ3n) is 2.73. The Labute approximate surface area is 98.3 Å². The lowest BCUT2D eigenvalue weighted by Gasteiger charge is -2.23. The minimum Gasteiger partial charge on any atom is -0.478 e. The van der Waals surface area contributed by atoms with Crippen molar-refractivity contribution >= 4 is 23.4 Å². The van der Waals surface area contributed by atoms with Gasteiger partial charge in [0, 0.05) is 12.1 Å². The average Bonchev–Trinajstić information content (AvgIpc) is 2.54. The molecule has 0 fully saturated rings. The minimum atomic E-state index is -1.10.